The molecule has 3 heterocycles. The standard InChI is InChI=1S/C23H24N4O3S2/c28-22(26-23-25-21(15-31-23)20-6-1-2-11-24-20)17-9-12-27(13-10-17)32(29,30)19-8-7-16-4-3-5-18(16)14-19/h1-2,6-8,11,14-15,17H,3-5,9-10,12-13H2,(H,25,26,28). The van der Waals surface area contributed by atoms with E-state index in [0.717, 1.165) is 36.2 Å². The molecule has 1 N–H and O–H groups in total. The summed E-state index contributed by atoms with van der Waals surface area (Å²) in [4.78, 5) is 21.8. The third-order valence-electron chi connectivity index (χ3n) is 6.19. The van der Waals surface area contributed by atoms with Gasteiger partial charge in [-0.15, -0.1) is 11.3 Å². The normalized spacial score (nSPS) is 17.2. The molecule has 0 spiro atoms. The van der Waals surface area contributed by atoms with Gasteiger partial charge in [-0.1, -0.05) is 12.1 Å². The lowest BCUT2D eigenvalue weighted by Crippen LogP contribution is -2.41. The third kappa shape index (κ3) is 4.20. The Bertz CT molecular complexity index is 1230. The molecule has 9 heteroatoms. The van der Waals surface area contributed by atoms with E-state index in [0.29, 0.717) is 36.0 Å². The average molecular weight is 469 g/mol. The van der Waals surface area contributed by atoms with Crippen LogP contribution in [0.2, 0.25) is 0 Å². The highest BCUT2D eigenvalue weighted by Gasteiger charge is 2.33. The number of nitrogens with zero attached hydrogens (tertiary/aromatic N) is 3. The smallest absolute Gasteiger partial charge is 0.243 e. The van der Waals surface area contributed by atoms with E-state index in [1.807, 2.05) is 35.7 Å². The van der Waals surface area contributed by atoms with E-state index in [-0.39, 0.29) is 11.8 Å². The number of aromatic nitrogens is 2. The number of fused-ring (bicyclic) bond motifs is 1. The Hall–Kier alpha value is -2.62. The van der Waals surface area contributed by atoms with Crippen LogP contribution >= 0.6 is 11.3 Å². The zero-order chi connectivity index (χ0) is 22.1. The number of hydrogen-bond acceptors (Lipinski definition) is 6. The molecule has 2 aliphatic rings. The van der Waals surface area contributed by atoms with Crippen molar-refractivity contribution in [2.75, 3.05) is 18.4 Å². The summed E-state index contributed by atoms with van der Waals surface area (Å²) in [5, 5.41) is 5.28. The van der Waals surface area contributed by atoms with Crippen LogP contribution in [0.1, 0.15) is 30.4 Å². The maximum atomic E-state index is 13.1. The molecular weight excluding hydrogens is 444 g/mol. The minimum absolute atomic E-state index is 0.110. The van der Waals surface area contributed by atoms with E-state index in [1.54, 1.807) is 12.3 Å². The highest BCUT2D eigenvalue weighted by Crippen LogP contribution is 2.29. The van der Waals surface area contributed by atoms with E-state index in [1.165, 1.54) is 21.2 Å². The minimum Gasteiger partial charge on any atom is -0.302 e. The number of amides is 1. The van der Waals surface area contributed by atoms with Gasteiger partial charge in [0.1, 0.15) is 5.69 Å². The van der Waals surface area contributed by atoms with Crippen molar-refractivity contribution in [2.24, 2.45) is 5.92 Å². The molecule has 3 aromatic rings. The Morgan fingerprint density at radius 1 is 1.06 bits per heavy atom. The molecule has 1 aromatic carbocycles. The maximum absolute atomic E-state index is 13.1. The molecule has 0 unspecified atom stereocenters. The number of sulfonamides is 1. The summed E-state index contributed by atoms with van der Waals surface area (Å²) in [7, 11) is -3.53. The second kappa shape index (κ2) is 8.73. The molecular formula is C23H24N4O3S2. The van der Waals surface area contributed by atoms with Gasteiger partial charge in [-0.3, -0.25) is 9.78 Å². The molecule has 1 saturated heterocycles. The molecule has 1 amide bonds. The van der Waals surface area contributed by atoms with Gasteiger partial charge >= 0.3 is 0 Å². The predicted octanol–water partition coefficient (Wildman–Crippen LogP) is 3.73. The first kappa shape index (κ1) is 21.2. The second-order valence-electron chi connectivity index (χ2n) is 8.20. The van der Waals surface area contributed by atoms with Crippen molar-refractivity contribution >= 4 is 32.4 Å². The summed E-state index contributed by atoms with van der Waals surface area (Å²) in [6.45, 7) is 0.684. The van der Waals surface area contributed by atoms with Crippen molar-refractivity contribution in [1.82, 2.24) is 14.3 Å². The third-order valence-corrected chi connectivity index (χ3v) is 8.85. The number of rotatable bonds is 5. The largest absolute Gasteiger partial charge is 0.302 e. The van der Waals surface area contributed by atoms with E-state index in [4.69, 9.17) is 0 Å². The molecule has 0 saturated carbocycles. The number of thiazole rings is 1. The molecule has 1 aliphatic carbocycles. The van der Waals surface area contributed by atoms with Crippen LogP contribution in [0.4, 0.5) is 5.13 Å². The molecule has 0 bridgehead atoms. The zero-order valence-corrected chi connectivity index (χ0v) is 19.2. The Balaban J connectivity index is 1.20. The van der Waals surface area contributed by atoms with Gasteiger partial charge in [0.15, 0.2) is 5.13 Å². The van der Waals surface area contributed by atoms with Crippen molar-refractivity contribution < 1.29 is 13.2 Å². The topological polar surface area (TPSA) is 92.3 Å². The number of carbonyl (C=O) groups excluding carboxylic acids is 1. The van der Waals surface area contributed by atoms with E-state index in [9.17, 15) is 13.2 Å². The van der Waals surface area contributed by atoms with E-state index >= 15 is 0 Å². The number of hydrogen-bond donors (Lipinski definition) is 1. The van der Waals surface area contributed by atoms with Crippen LogP contribution in [-0.2, 0) is 27.7 Å². The summed E-state index contributed by atoms with van der Waals surface area (Å²) in [6.07, 6.45) is 5.75. The molecule has 0 radical (unpaired) electrons. The number of pyridine rings is 1. The lowest BCUT2D eigenvalue weighted by atomic mass is 9.97. The molecule has 166 valence electrons. The van der Waals surface area contributed by atoms with Crippen LogP contribution in [-0.4, -0.2) is 41.7 Å². The molecule has 5 rings (SSSR count). The summed E-state index contributed by atoms with van der Waals surface area (Å²) in [5.41, 5.74) is 3.89. The molecule has 7 nitrogen and oxygen atoms in total. The monoisotopic (exact) mass is 468 g/mol. The Morgan fingerprint density at radius 2 is 1.88 bits per heavy atom. The summed E-state index contributed by atoms with van der Waals surface area (Å²) in [6, 6.07) is 11.1. The van der Waals surface area contributed by atoms with Crippen LogP contribution in [0.3, 0.4) is 0 Å². The summed E-state index contributed by atoms with van der Waals surface area (Å²) < 4.78 is 27.7. The van der Waals surface area contributed by atoms with Gasteiger partial charge < -0.3 is 5.32 Å². The number of benzene rings is 1. The fraction of sp³-hybridized carbons (Fsp3) is 0.348. The second-order valence-corrected chi connectivity index (χ2v) is 11.0. The lowest BCUT2D eigenvalue weighted by molar-refractivity contribution is -0.120. The lowest BCUT2D eigenvalue weighted by Gasteiger charge is -2.30. The number of anilines is 1. The van der Waals surface area contributed by atoms with Gasteiger partial charge in [0.25, 0.3) is 0 Å². The Labute approximate surface area is 191 Å². The van der Waals surface area contributed by atoms with Crippen molar-refractivity contribution in [3.8, 4) is 11.4 Å². The first-order valence-electron chi connectivity index (χ1n) is 10.8. The van der Waals surface area contributed by atoms with Crippen molar-refractivity contribution in [3.05, 3.63) is 59.1 Å². The van der Waals surface area contributed by atoms with Gasteiger partial charge in [0, 0.05) is 30.6 Å². The fourth-order valence-corrected chi connectivity index (χ4v) is 6.61. The van der Waals surface area contributed by atoms with Gasteiger partial charge in [-0.05, 0) is 67.5 Å². The van der Waals surface area contributed by atoms with Gasteiger partial charge in [0.05, 0.1) is 10.6 Å². The van der Waals surface area contributed by atoms with Gasteiger partial charge in [0.2, 0.25) is 15.9 Å². The molecule has 2 aromatic heterocycles. The fourth-order valence-electron chi connectivity index (χ4n) is 4.39. The highest BCUT2D eigenvalue weighted by molar-refractivity contribution is 7.89. The van der Waals surface area contributed by atoms with Crippen molar-refractivity contribution in [2.45, 2.75) is 37.0 Å². The molecule has 1 aliphatic heterocycles. The van der Waals surface area contributed by atoms with Crippen LogP contribution in [0.5, 0.6) is 0 Å². The SMILES string of the molecule is O=C(Nc1nc(-c2ccccn2)cs1)C1CCN(S(=O)(=O)c2ccc3c(c2)CCC3)CC1. The summed E-state index contributed by atoms with van der Waals surface area (Å²) >= 11 is 1.36. The number of nitrogens with one attached hydrogen (secondary N) is 1. The van der Waals surface area contributed by atoms with Crippen LogP contribution < -0.4 is 5.32 Å². The molecule has 0 atom stereocenters. The predicted molar refractivity (Wildman–Crippen MR) is 124 cm³/mol. The number of aryl methyl sites for hydroxylation is 2. The first-order valence-corrected chi connectivity index (χ1v) is 13.1. The Morgan fingerprint density at radius 3 is 2.66 bits per heavy atom. The van der Waals surface area contributed by atoms with Gasteiger partial charge in [-0.25, -0.2) is 13.4 Å². The molecule has 32 heavy (non-hydrogen) atoms. The Kier molecular flexibility index (Phi) is 5.79. The minimum atomic E-state index is -3.53. The van der Waals surface area contributed by atoms with Crippen LogP contribution in [0, 0.1) is 5.92 Å². The quantitative estimate of drug-likeness (QED) is 0.616. The maximum Gasteiger partial charge on any atom is 0.243 e. The zero-order valence-electron chi connectivity index (χ0n) is 17.5. The summed E-state index contributed by atoms with van der Waals surface area (Å²) in [5.74, 6) is -0.342. The van der Waals surface area contributed by atoms with Crippen molar-refractivity contribution in [1.29, 1.82) is 0 Å². The first-order chi connectivity index (χ1) is 15.5. The average Bonchev–Trinajstić information content (AvgIpc) is 3.49. The van der Waals surface area contributed by atoms with Crippen LogP contribution in [0.25, 0.3) is 11.4 Å². The van der Waals surface area contributed by atoms with E-state index < -0.39 is 10.0 Å². The number of piperidine rings is 1. The number of carbonyl (C=O) groups is 1. The van der Waals surface area contributed by atoms with Gasteiger partial charge in [-0.2, -0.15) is 4.31 Å². The van der Waals surface area contributed by atoms with E-state index in [2.05, 4.69) is 15.3 Å². The highest BCUT2D eigenvalue weighted by atomic mass is 32.2. The molecule has 1 fully saturated rings. The van der Waals surface area contributed by atoms with Crippen molar-refractivity contribution in [3.63, 3.8) is 0 Å². The van der Waals surface area contributed by atoms with Crippen LogP contribution in [0.15, 0.2) is 52.9 Å².